The number of rotatable bonds is 6. The maximum atomic E-state index is 12.6. The highest BCUT2D eigenvalue weighted by atomic mass is 16.5. The first-order valence-corrected chi connectivity index (χ1v) is 9.67. The number of benzene rings is 1. The minimum absolute atomic E-state index is 0.214. The Morgan fingerprint density at radius 1 is 1.19 bits per heavy atom. The molecule has 1 aromatic carbocycles. The van der Waals surface area contributed by atoms with Gasteiger partial charge in [0, 0.05) is 24.0 Å². The van der Waals surface area contributed by atoms with E-state index in [9.17, 15) is 9.59 Å². The Hall–Kier alpha value is -2.56. The summed E-state index contributed by atoms with van der Waals surface area (Å²) in [5.41, 5.74) is 3.53. The van der Waals surface area contributed by atoms with Gasteiger partial charge in [0.05, 0.1) is 5.56 Å². The van der Waals surface area contributed by atoms with Crippen LogP contribution in [-0.2, 0) is 16.1 Å². The monoisotopic (exact) mass is 368 g/mol. The number of hydrogen-bond acceptors (Lipinski definition) is 3. The van der Waals surface area contributed by atoms with Crippen molar-refractivity contribution in [3.05, 3.63) is 58.9 Å². The number of carbonyl (C=O) groups excluding carboxylic acids is 2. The molecule has 2 aromatic rings. The summed E-state index contributed by atoms with van der Waals surface area (Å²) in [7, 11) is 0. The zero-order valence-corrected chi connectivity index (χ0v) is 16.3. The molecule has 1 aliphatic rings. The molecule has 1 amide bonds. The molecule has 0 spiro atoms. The van der Waals surface area contributed by atoms with Crippen molar-refractivity contribution in [1.29, 1.82) is 0 Å². The second kappa shape index (κ2) is 8.42. The van der Waals surface area contributed by atoms with Gasteiger partial charge in [0.25, 0.3) is 5.91 Å². The van der Waals surface area contributed by atoms with Crippen molar-refractivity contribution in [3.8, 4) is 0 Å². The molecule has 1 fully saturated rings. The number of esters is 1. The number of hydrogen-bond donors (Lipinski definition) is 1. The lowest BCUT2D eigenvalue weighted by molar-refractivity contribution is -0.129. The molecule has 27 heavy (non-hydrogen) atoms. The van der Waals surface area contributed by atoms with Crippen molar-refractivity contribution in [2.75, 3.05) is 0 Å². The average molecular weight is 368 g/mol. The van der Waals surface area contributed by atoms with E-state index in [1.165, 1.54) is 5.56 Å². The highest BCUT2D eigenvalue weighted by Gasteiger charge is 2.25. The summed E-state index contributed by atoms with van der Waals surface area (Å²) >= 11 is 0. The highest BCUT2D eigenvalue weighted by Crippen LogP contribution is 2.20. The molecule has 0 saturated heterocycles. The van der Waals surface area contributed by atoms with Gasteiger partial charge in [0.15, 0.2) is 6.10 Å². The zero-order chi connectivity index (χ0) is 19.4. The van der Waals surface area contributed by atoms with Gasteiger partial charge >= 0.3 is 5.97 Å². The standard InChI is InChI=1S/C22H28N2O3/c1-15-13-20(16(2)24(15)14-18-9-5-4-6-10-18)22(26)27-17(3)21(25)23-19-11-7-8-12-19/h4-6,9-10,13,17,19H,7-8,11-12,14H2,1-3H3,(H,23,25)/t17-/m1/s1. The Morgan fingerprint density at radius 3 is 2.52 bits per heavy atom. The van der Waals surface area contributed by atoms with Gasteiger partial charge in [0.2, 0.25) is 0 Å². The van der Waals surface area contributed by atoms with Crippen molar-refractivity contribution in [3.63, 3.8) is 0 Å². The van der Waals surface area contributed by atoms with Crippen LogP contribution in [0.1, 0.15) is 59.9 Å². The van der Waals surface area contributed by atoms with Gasteiger partial charge in [-0.15, -0.1) is 0 Å². The summed E-state index contributed by atoms with van der Waals surface area (Å²) in [5, 5.41) is 2.98. The normalized spacial score (nSPS) is 15.5. The van der Waals surface area contributed by atoms with Crippen LogP contribution in [0.25, 0.3) is 0 Å². The number of amides is 1. The fourth-order valence-corrected chi connectivity index (χ4v) is 3.68. The van der Waals surface area contributed by atoms with Crippen LogP contribution in [0.4, 0.5) is 0 Å². The highest BCUT2D eigenvalue weighted by molar-refractivity contribution is 5.93. The fraction of sp³-hybridized carbons (Fsp3) is 0.455. The van der Waals surface area contributed by atoms with Crippen molar-refractivity contribution in [2.24, 2.45) is 0 Å². The second-order valence-electron chi connectivity index (χ2n) is 7.39. The number of carbonyl (C=O) groups is 2. The van der Waals surface area contributed by atoms with Crippen LogP contribution in [0.5, 0.6) is 0 Å². The lowest BCUT2D eigenvalue weighted by atomic mass is 10.2. The molecule has 0 radical (unpaired) electrons. The largest absolute Gasteiger partial charge is 0.449 e. The van der Waals surface area contributed by atoms with Gasteiger partial charge in [-0.05, 0) is 45.2 Å². The third-order valence-electron chi connectivity index (χ3n) is 5.33. The molecule has 1 N–H and O–H groups in total. The van der Waals surface area contributed by atoms with Crippen LogP contribution in [0.2, 0.25) is 0 Å². The SMILES string of the molecule is Cc1cc(C(=O)O[C@H](C)C(=O)NC2CCCC2)c(C)n1Cc1ccccc1. The first-order chi connectivity index (χ1) is 13.0. The summed E-state index contributed by atoms with van der Waals surface area (Å²) in [5.74, 6) is -0.662. The number of nitrogens with one attached hydrogen (secondary N) is 1. The Balaban J connectivity index is 1.65. The predicted molar refractivity (Wildman–Crippen MR) is 105 cm³/mol. The van der Waals surface area contributed by atoms with Crippen LogP contribution < -0.4 is 5.32 Å². The summed E-state index contributed by atoms with van der Waals surface area (Å²) in [4.78, 5) is 24.9. The van der Waals surface area contributed by atoms with Crippen molar-refractivity contribution >= 4 is 11.9 Å². The first-order valence-electron chi connectivity index (χ1n) is 9.67. The van der Waals surface area contributed by atoms with Gasteiger partial charge in [-0.25, -0.2) is 4.79 Å². The smallest absolute Gasteiger partial charge is 0.340 e. The molecule has 0 unspecified atom stereocenters. The second-order valence-corrected chi connectivity index (χ2v) is 7.39. The molecule has 0 aliphatic heterocycles. The average Bonchev–Trinajstić information content (AvgIpc) is 3.26. The van der Waals surface area contributed by atoms with E-state index < -0.39 is 12.1 Å². The fourth-order valence-electron chi connectivity index (χ4n) is 3.68. The van der Waals surface area contributed by atoms with Crippen LogP contribution in [0.3, 0.4) is 0 Å². The summed E-state index contributed by atoms with van der Waals surface area (Å²) < 4.78 is 7.54. The van der Waals surface area contributed by atoms with E-state index in [-0.39, 0.29) is 11.9 Å². The topological polar surface area (TPSA) is 60.3 Å². The molecule has 5 nitrogen and oxygen atoms in total. The zero-order valence-electron chi connectivity index (χ0n) is 16.3. The lowest BCUT2D eigenvalue weighted by Crippen LogP contribution is -2.40. The van der Waals surface area contributed by atoms with Crippen LogP contribution in [0.15, 0.2) is 36.4 Å². The van der Waals surface area contributed by atoms with Crippen LogP contribution >= 0.6 is 0 Å². The maximum absolute atomic E-state index is 12.6. The number of ether oxygens (including phenoxy) is 1. The Morgan fingerprint density at radius 2 is 1.85 bits per heavy atom. The Bertz CT molecular complexity index is 804. The summed E-state index contributed by atoms with van der Waals surface area (Å²) in [6.07, 6.45) is 3.51. The van der Waals surface area contributed by atoms with Crippen LogP contribution in [-0.4, -0.2) is 28.6 Å². The van der Waals surface area contributed by atoms with Gasteiger partial charge < -0.3 is 14.6 Å². The van der Waals surface area contributed by atoms with Gasteiger partial charge in [-0.3, -0.25) is 4.79 Å². The molecule has 1 aliphatic carbocycles. The summed E-state index contributed by atoms with van der Waals surface area (Å²) in [6, 6.07) is 12.2. The van der Waals surface area contributed by atoms with Crippen molar-refractivity contribution in [1.82, 2.24) is 9.88 Å². The van der Waals surface area contributed by atoms with E-state index >= 15 is 0 Å². The van der Waals surface area contributed by atoms with E-state index in [1.807, 2.05) is 38.1 Å². The summed E-state index contributed by atoms with van der Waals surface area (Å²) in [6.45, 7) is 6.22. The molecule has 1 saturated carbocycles. The van der Waals surface area contributed by atoms with E-state index in [0.717, 1.165) is 37.1 Å². The Kier molecular flexibility index (Phi) is 5.99. The predicted octanol–water partition coefficient (Wildman–Crippen LogP) is 3.76. The molecular weight excluding hydrogens is 340 g/mol. The quantitative estimate of drug-likeness (QED) is 0.790. The third-order valence-corrected chi connectivity index (χ3v) is 5.33. The number of aromatic nitrogens is 1. The van der Waals surface area contributed by atoms with Gasteiger partial charge in [-0.1, -0.05) is 43.2 Å². The van der Waals surface area contributed by atoms with E-state index in [1.54, 1.807) is 6.92 Å². The van der Waals surface area contributed by atoms with Gasteiger partial charge in [-0.2, -0.15) is 0 Å². The number of nitrogens with zero attached hydrogens (tertiary/aromatic N) is 1. The molecule has 5 heteroatoms. The minimum Gasteiger partial charge on any atom is -0.449 e. The third kappa shape index (κ3) is 4.59. The molecule has 1 heterocycles. The first kappa shape index (κ1) is 19.2. The molecule has 0 bridgehead atoms. The maximum Gasteiger partial charge on any atom is 0.340 e. The molecular formula is C22H28N2O3. The van der Waals surface area contributed by atoms with Crippen molar-refractivity contribution < 1.29 is 14.3 Å². The molecule has 1 aromatic heterocycles. The molecule has 3 rings (SSSR count). The molecule has 1 atom stereocenters. The van der Waals surface area contributed by atoms with E-state index in [0.29, 0.717) is 12.1 Å². The molecule has 144 valence electrons. The number of aryl methyl sites for hydroxylation is 1. The Labute approximate surface area is 160 Å². The van der Waals surface area contributed by atoms with Crippen molar-refractivity contribution in [2.45, 2.75) is 65.1 Å². The van der Waals surface area contributed by atoms with E-state index in [4.69, 9.17) is 4.74 Å². The minimum atomic E-state index is -0.796. The lowest BCUT2D eigenvalue weighted by Gasteiger charge is -2.17. The van der Waals surface area contributed by atoms with E-state index in [2.05, 4.69) is 22.0 Å². The van der Waals surface area contributed by atoms with Gasteiger partial charge in [0.1, 0.15) is 0 Å². The van der Waals surface area contributed by atoms with Crippen LogP contribution in [0, 0.1) is 13.8 Å².